The zero-order chi connectivity index (χ0) is 31.0. The second kappa shape index (κ2) is 11.6. The summed E-state index contributed by atoms with van der Waals surface area (Å²) in [4.78, 5) is 10.1. The fraction of sp³-hybridized carbons (Fsp3) is 0.0952. The number of benzene rings is 7. The van der Waals surface area contributed by atoms with E-state index in [0.29, 0.717) is 19.0 Å². The highest BCUT2D eigenvalue weighted by molar-refractivity contribution is 6.33. The Kier molecular flexibility index (Phi) is 7.03. The molecule has 0 spiro atoms. The van der Waals surface area contributed by atoms with Crippen molar-refractivity contribution >= 4 is 55.0 Å². The summed E-state index contributed by atoms with van der Waals surface area (Å²) in [5.74, 6) is 1.56. The summed E-state index contributed by atoms with van der Waals surface area (Å²) in [6.45, 7) is 4.98. The van der Waals surface area contributed by atoms with E-state index in [1.807, 2.05) is 50.2 Å². The molecule has 0 unspecified atom stereocenters. The van der Waals surface area contributed by atoms with Crippen LogP contribution in [0.3, 0.4) is 0 Å². The number of ether oxygens (including phenoxy) is 1. The molecule has 0 aliphatic carbocycles. The molecular formula is C42H32N2O2. The lowest BCUT2D eigenvalue weighted by molar-refractivity contribution is 0.393. The van der Waals surface area contributed by atoms with E-state index in [1.165, 1.54) is 32.3 Å². The summed E-state index contributed by atoms with van der Waals surface area (Å²) < 4.78 is 12.2. The van der Waals surface area contributed by atoms with Crippen molar-refractivity contribution in [2.45, 2.75) is 20.4 Å². The molecule has 0 saturated heterocycles. The van der Waals surface area contributed by atoms with Crippen LogP contribution in [-0.4, -0.2) is 18.2 Å². The molecule has 0 radical (unpaired) electrons. The summed E-state index contributed by atoms with van der Waals surface area (Å²) in [5.41, 5.74) is 8.15. The minimum atomic E-state index is 0.433. The largest absolute Gasteiger partial charge is 0.487 e. The fourth-order valence-electron chi connectivity index (χ4n) is 6.55. The third kappa shape index (κ3) is 4.70. The first-order valence-corrected chi connectivity index (χ1v) is 15.9. The van der Waals surface area contributed by atoms with Gasteiger partial charge in [-0.05, 0) is 74.6 Å². The van der Waals surface area contributed by atoms with Crippen LogP contribution in [0.4, 0.5) is 0 Å². The van der Waals surface area contributed by atoms with E-state index >= 15 is 0 Å². The zero-order valence-corrected chi connectivity index (χ0v) is 25.8. The van der Waals surface area contributed by atoms with Gasteiger partial charge in [0.05, 0.1) is 12.3 Å². The molecule has 1 aliphatic heterocycles. The predicted octanol–water partition coefficient (Wildman–Crippen LogP) is 10.9. The Morgan fingerprint density at radius 2 is 1.30 bits per heavy atom. The van der Waals surface area contributed by atoms with Crippen molar-refractivity contribution in [3.63, 3.8) is 0 Å². The van der Waals surface area contributed by atoms with Gasteiger partial charge in [0.1, 0.15) is 23.5 Å². The van der Waals surface area contributed by atoms with E-state index in [0.717, 1.165) is 50.4 Å². The maximum Gasteiger partial charge on any atom is 0.155 e. The van der Waals surface area contributed by atoms with Crippen LogP contribution < -0.4 is 4.74 Å². The Balaban J connectivity index is 0.00000153. The van der Waals surface area contributed by atoms with E-state index in [-0.39, 0.29) is 0 Å². The number of fused-ring (bicyclic) bond motifs is 4. The van der Waals surface area contributed by atoms with Crippen molar-refractivity contribution in [3.8, 4) is 16.9 Å². The van der Waals surface area contributed by atoms with Crippen LogP contribution in [0.2, 0.25) is 0 Å². The van der Waals surface area contributed by atoms with Gasteiger partial charge >= 0.3 is 0 Å². The molecule has 9 rings (SSSR count). The van der Waals surface area contributed by atoms with Crippen LogP contribution in [0.25, 0.3) is 54.6 Å². The van der Waals surface area contributed by atoms with Crippen molar-refractivity contribution < 1.29 is 9.15 Å². The highest BCUT2D eigenvalue weighted by Crippen LogP contribution is 2.43. The standard InChI is InChI=1S/C40H26N2O2.C2H6/c1-2-9-25(10-3-1)23-41-40(42-34-24-43-35-16-5-4-13-32(34)35)28-12-6-11-26(21-28)27-19-20-29-30-14-7-17-36-38(30)39-31(33(29)22-27)15-8-18-37(39)44-36;1-2/h1-22H,23-24H2;1-2H3. The quantitative estimate of drug-likeness (QED) is 0.115. The van der Waals surface area contributed by atoms with Crippen LogP contribution in [0, 0.1) is 0 Å². The van der Waals surface area contributed by atoms with E-state index in [9.17, 15) is 0 Å². The lowest BCUT2D eigenvalue weighted by atomic mass is 9.92. The number of amidine groups is 1. The fourth-order valence-corrected chi connectivity index (χ4v) is 6.55. The molecule has 1 aliphatic rings. The van der Waals surface area contributed by atoms with Gasteiger partial charge in [-0.1, -0.05) is 111 Å². The predicted molar refractivity (Wildman–Crippen MR) is 192 cm³/mol. The van der Waals surface area contributed by atoms with E-state index in [1.54, 1.807) is 0 Å². The maximum absolute atomic E-state index is 6.24. The molecule has 8 aromatic rings. The van der Waals surface area contributed by atoms with Crippen molar-refractivity contribution in [1.82, 2.24) is 0 Å². The molecule has 0 bridgehead atoms. The molecule has 7 aromatic carbocycles. The van der Waals surface area contributed by atoms with Crippen molar-refractivity contribution in [3.05, 3.63) is 150 Å². The molecule has 4 heteroatoms. The van der Waals surface area contributed by atoms with Crippen molar-refractivity contribution in [2.75, 3.05) is 6.61 Å². The molecule has 0 amide bonds. The summed E-state index contributed by atoms with van der Waals surface area (Å²) in [6.07, 6.45) is 0. The van der Waals surface area contributed by atoms with Crippen molar-refractivity contribution in [2.24, 2.45) is 9.98 Å². The van der Waals surface area contributed by atoms with Gasteiger partial charge in [-0.25, -0.2) is 4.99 Å². The first kappa shape index (κ1) is 27.8. The van der Waals surface area contributed by atoms with Gasteiger partial charge in [0.15, 0.2) is 5.84 Å². The lowest BCUT2D eigenvalue weighted by Gasteiger charge is -2.11. The molecule has 222 valence electrons. The Labute approximate surface area is 267 Å². The van der Waals surface area contributed by atoms with Gasteiger partial charge < -0.3 is 9.15 Å². The number of furan rings is 1. The van der Waals surface area contributed by atoms with Gasteiger partial charge in [-0.15, -0.1) is 0 Å². The molecular weight excluding hydrogens is 564 g/mol. The third-order valence-corrected chi connectivity index (χ3v) is 8.63. The highest BCUT2D eigenvalue weighted by atomic mass is 16.5. The summed E-state index contributed by atoms with van der Waals surface area (Å²) in [7, 11) is 0. The average Bonchev–Trinajstić information content (AvgIpc) is 3.72. The van der Waals surface area contributed by atoms with Crippen molar-refractivity contribution in [1.29, 1.82) is 0 Å². The second-order valence-corrected chi connectivity index (χ2v) is 11.3. The third-order valence-electron chi connectivity index (χ3n) is 8.63. The molecule has 1 aromatic heterocycles. The molecule has 0 fully saturated rings. The normalized spacial score (nSPS) is 13.8. The van der Waals surface area contributed by atoms with Crippen LogP contribution in [0.15, 0.2) is 148 Å². The minimum absolute atomic E-state index is 0.433. The molecule has 0 N–H and O–H groups in total. The van der Waals surface area contributed by atoms with E-state index in [2.05, 4.69) is 97.1 Å². The Morgan fingerprint density at radius 1 is 0.609 bits per heavy atom. The highest BCUT2D eigenvalue weighted by Gasteiger charge is 2.20. The Hall–Kier alpha value is -5.74. The minimum Gasteiger partial charge on any atom is -0.487 e. The van der Waals surface area contributed by atoms with Crippen LogP contribution in [-0.2, 0) is 6.54 Å². The molecule has 0 saturated carbocycles. The number of rotatable bonds is 4. The lowest BCUT2D eigenvalue weighted by Crippen LogP contribution is -2.08. The van der Waals surface area contributed by atoms with Gasteiger partial charge in [0, 0.05) is 21.9 Å². The Bertz CT molecular complexity index is 2420. The number of aliphatic imine (C=N–C) groups is 2. The van der Waals surface area contributed by atoms with Crippen LogP contribution in [0.1, 0.15) is 30.5 Å². The topological polar surface area (TPSA) is 47.1 Å². The second-order valence-electron chi connectivity index (χ2n) is 11.3. The summed E-state index contributed by atoms with van der Waals surface area (Å²) in [6, 6.07) is 46.4. The number of para-hydroxylation sites is 1. The Morgan fingerprint density at radius 3 is 2.11 bits per heavy atom. The number of hydrogen-bond acceptors (Lipinski definition) is 3. The van der Waals surface area contributed by atoms with Gasteiger partial charge in [0.25, 0.3) is 0 Å². The molecule has 46 heavy (non-hydrogen) atoms. The molecule has 0 atom stereocenters. The smallest absolute Gasteiger partial charge is 0.155 e. The summed E-state index contributed by atoms with van der Waals surface area (Å²) in [5, 5.41) is 7.29. The maximum atomic E-state index is 6.24. The first-order valence-electron chi connectivity index (χ1n) is 15.9. The molecule has 4 nitrogen and oxygen atoms in total. The monoisotopic (exact) mass is 596 g/mol. The SMILES string of the molecule is CC.c1ccc(CN=C(N=C2COc3ccccc32)c2cccc(-c3ccc4c(c3)c3cccc5oc6cccc4c6c53)c2)cc1. The number of hydrogen-bond donors (Lipinski definition) is 0. The van der Waals surface area contributed by atoms with Gasteiger partial charge in [-0.2, -0.15) is 0 Å². The van der Waals surface area contributed by atoms with E-state index < -0.39 is 0 Å². The van der Waals surface area contributed by atoms with Crippen LogP contribution in [0.5, 0.6) is 5.75 Å². The van der Waals surface area contributed by atoms with Gasteiger partial charge in [0.2, 0.25) is 0 Å². The number of nitrogens with zero attached hydrogens (tertiary/aromatic N) is 2. The zero-order valence-electron chi connectivity index (χ0n) is 25.8. The molecule has 2 heterocycles. The van der Waals surface area contributed by atoms with Crippen LogP contribution >= 0.6 is 0 Å². The van der Waals surface area contributed by atoms with E-state index in [4.69, 9.17) is 19.1 Å². The summed E-state index contributed by atoms with van der Waals surface area (Å²) >= 11 is 0. The van der Waals surface area contributed by atoms with Gasteiger partial charge in [-0.3, -0.25) is 4.99 Å². The first-order chi connectivity index (χ1) is 22.8. The average molecular weight is 597 g/mol.